The van der Waals surface area contributed by atoms with Gasteiger partial charge in [0.15, 0.2) is 0 Å². The zero-order valence-electron chi connectivity index (χ0n) is 14.3. The predicted molar refractivity (Wildman–Crippen MR) is 100 cm³/mol. The van der Waals surface area contributed by atoms with E-state index in [0.29, 0.717) is 19.0 Å². The Kier molecular flexibility index (Phi) is 6.78. The number of nitrogens with one attached hydrogen (secondary N) is 2. The Hall–Kier alpha value is -1.27. The summed E-state index contributed by atoms with van der Waals surface area (Å²) in [5.74, 6) is 3.36. The van der Waals surface area contributed by atoms with Gasteiger partial charge < -0.3 is 15.5 Å². The van der Waals surface area contributed by atoms with Crippen molar-refractivity contribution < 1.29 is 4.79 Å². The van der Waals surface area contributed by atoms with Crippen LogP contribution < -0.4 is 15.5 Å². The van der Waals surface area contributed by atoms with Crippen molar-refractivity contribution in [2.45, 2.75) is 44.7 Å². The molecule has 2 aliphatic heterocycles. The molecule has 5 nitrogen and oxygen atoms in total. The van der Waals surface area contributed by atoms with Gasteiger partial charge in [0.25, 0.3) is 0 Å². The fraction of sp³-hybridized carbons (Fsp3) is 0.667. The average molecular weight is 349 g/mol. The first-order valence-electron chi connectivity index (χ1n) is 9.09. The molecule has 2 saturated heterocycles. The topological polar surface area (TPSA) is 57.3 Å². The monoisotopic (exact) mass is 348 g/mol. The van der Waals surface area contributed by atoms with E-state index in [9.17, 15) is 4.79 Å². The number of aromatic nitrogens is 1. The SMILES string of the molecule is O=C(CC1CSCCN1)NCc1ccc(N2CCCCCC2)nc1. The van der Waals surface area contributed by atoms with E-state index in [1.54, 1.807) is 0 Å². The average Bonchev–Trinajstić information content (AvgIpc) is 2.91. The molecule has 0 aromatic carbocycles. The quantitative estimate of drug-likeness (QED) is 0.854. The highest BCUT2D eigenvalue weighted by Gasteiger charge is 2.16. The molecule has 1 atom stereocenters. The largest absolute Gasteiger partial charge is 0.357 e. The minimum absolute atomic E-state index is 0.117. The molecule has 0 aliphatic carbocycles. The van der Waals surface area contributed by atoms with Crippen LogP contribution in [-0.2, 0) is 11.3 Å². The summed E-state index contributed by atoms with van der Waals surface area (Å²) in [6.45, 7) is 3.78. The van der Waals surface area contributed by atoms with Crippen molar-refractivity contribution in [3.8, 4) is 0 Å². The van der Waals surface area contributed by atoms with Crippen molar-refractivity contribution in [2.24, 2.45) is 0 Å². The molecule has 0 radical (unpaired) electrons. The first kappa shape index (κ1) is 17.5. The van der Waals surface area contributed by atoms with E-state index < -0.39 is 0 Å². The number of nitrogens with zero attached hydrogens (tertiary/aromatic N) is 2. The second-order valence-electron chi connectivity index (χ2n) is 6.63. The second kappa shape index (κ2) is 9.28. The van der Waals surface area contributed by atoms with Crippen LogP contribution in [0.3, 0.4) is 0 Å². The highest BCUT2D eigenvalue weighted by Crippen LogP contribution is 2.17. The summed E-state index contributed by atoms with van der Waals surface area (Å²) in [6, 6.07) is 4.49. The molecule has 1 amide bonds. The molecular weight excluding hydrogens is 320 g/mol. The van der Waals surface area contributed by atoms with Gasteiger partial charge >= 0.3 is 0 Å². The van der Waals surface area contributed by atoms with Crippen molar-refractivity contribution >= 4 is 23.5 Å². The van der Waals surface area contributed by atoms with E-state index in [0.717, 1.165) is 42.5 Å². The lowest BCUT2D eigenvalue weighted by Crippen LogP contribution is -2.41. The van der Waals surface area contributed by atoms with Gasteiger partial charge in [0, 0.05) is 56.3 Å². The van der Waals surface area contributed by atoms with E-state index in [2.05, 4.69) is 32.7 Å². The summed E-state index contributed by atoms with van der Waals surface area (Å²) in [6.07, 6.45) is 7.63. The molecule has 1 aromatic heterocycles. The van der Waals surface area contributed by atoms with E-state index in [-0.39, 0.29) is 5.91 Å². The molecule has 3 rings (SSSR count). The summed E-state index contributed by atoms with van der Waals surface area (Å²) < 4.78 is 0. The minimum Gasteiger partial charge on any atom is -0.357 e. The molecule has 24 heavy (non-hydrogen) atoms. The maximum Gasteiger partial charge on any atom is 0.221 e. The number of hydrogen-bond donors (Lipinski definition) is 2. The molecule has 2 aliphatic rings. The molecule has 2 fully saturated rings. The highest BCUT2D eigenvalue weighted by atomic mass is 32.2. The first-order valence-corrected chi connectivity index (χ1v) is 10.2. The van der Waals surface area contributed by atoms with Gasteiger partial charge in [-0.25, -0.2) is 4.98 Å². The zero-order chi connectivity index (χ0) is 16.6. The van der Waals surface area contributed by atoms with Crippen molar-refractivity contribution in [2.75, 3.05) is 36.0 Å². The van der Waals surface area contributed by atoms with Crippen LogP contribution in [0.1, 0.15) is 37.7 Å². The van der Waals surface area contributed by atoms with E-state index >= 15 is 0 Å². The van der Waals surface area contributed by atoms with Crippen LogP contribution >= 0.6 is 11.8 Å². The fourth-order valence-electron chi connectivity index (χ4n) is 3.26. The van der Waals surface area contributed by atoms with Gasteiger partial charge in [-0.3, -0.25) is 4.79 Å². The molecule has 2 N–H and O–H groups in total. The maximum atomic E-state index is 12.0. The van der Waals surface area contributed by atoms with Gasteiger partial charge in [-0.15, -0.1) is 0 Å². The normalized spacial score (nSPS) is 22.0. The summed E-state index contributed by atoms with van der Waals surface area (Å²) in [5.41, 5.74) is 1.06. The van der Waals surface area contributed by atoms with Gasteiger partial charge in [-0.1, -0.05) is 18.9 Å². The molecule has 1 aromatic rings. The van der Waals surface area contributed by atoms with Crippen molar-refractivity contribution in [3.63, 3.8) is 0 Å². The van der Waals surface area contributed by atoms with Gasteiger partial charge in [0.1, 0.15) is 5.82 Å². The zero-order valence-corrected chi connectivity index (χ0v) is 15.1. The number of anilines is 1. The Morgan fingerprint density at radius 2 is 2.12 bits per heavy atom. The van der Waals surface area contributed by atoms with Crippen molar-refractivity contribution in [1.29, 1.82) is 0 Å². The maximum absolute atomic E-state index is 12.0. The lowest BCUT2D eigenvalue weighted by atomic mass is 10.2. The van der Waals surface area contributed by atoms with Crippen LogP contribution in [0.15, 0.2) is 18.3 Å². The number of carbonyl (C=O) groups is 1. The van der Waals surface area contributed by atoms with Crippen LogP contribution in [0.2, 0.25) is 0 Å². The smallest absolute Gasteiger partial charge is 0.221 e. The molecule has 3 heterocycles. The third-order valence-electron chi connectivity index (χ3n) is 4.66. The third-order valence-corrected chi connectivity index (χ3v) is 5.79. The number of rotatable bonds is 5. The summed E-state index contributed by atoms with van der Waals surface area (Å²) in [4.78, 5) is 19.0. The van der Waals surface area contributed by atoms with E-state index in [4.69, 9.17) is 0 Å². The Morgan fingerprint density at radius 3 is 2.79 bits per heavy atom. The lowest BCUT2D eigenvalue weighted by Gasteiger charge is -2.22. The van der Waals surface area contributed by atoms with Crippen LogP contribution in [0.4, 0.5) is 5.82 Å². The number of carbonyl (C=O) groups excluding carboxylic acids is 1. The molecule has 0 saturated carbocycles. The third kappa shape index (κ3) is 5.38. The van der Waals surface area contributed by atoms with E-state index in [1.165, 1.54) is 25.7 Å². The lowest BCUT2D eigenvalue weighted by molar-refractivity contribution is -0.121. The Bertz CT molecular complexity index is 508. The van der Waals surface area contributed by atoms with Crippen LogP contribution in [0.5, 0.6) is 0 Å². The number of pyridine rings is 1. The molecular formula is C18H28N4OS. The number of thioether (sulfide) groups is 1. The van der Waals surface area contributed by atoms with Gasteiger partial charge in [-0.05, 0) is 24.5 Å². The highest BCUT2D eigenvalue weighted by molar-refractivity contribution is 7.99. The van der Waals surface area contributed by atoms with E-state index in [1.807, 2.05) is 18.0 Å². The Balaban J connectivity index is 1.44. The van der Waals surface area contributed by atoms with Crippen molar-refractivity contribution in [1.82, 2.24) is 15.6 Å². The molecule has 6 heteroatoms. The number of amides is 1. The Labute approximate surface area is 149 Å². The summed E-state index contributed by atoms with van der Waals surface area (Å²) >= 11 is 1.92. The second-order valence-corrected chi connectivity index (χ2v) is 7.78. The van der Waals surface area contributed by atoms with Gasteiger partial charge in [0.05, 0.1) is 0 Å². The van der Waals surface area contributed by atoms with Gasteiger partial charge in [0.2, 0.25) is 5.91 Å². The molecule has 1 unspecified atom stereocenters. The standard InChI is InChI=1S/C18H28N4OS/c23-18(11-16-14-24-10-7-19-16)21-13-15-5-6-17(20-12-15)22-8-3-1-2-4-9-22/h5-6,12,16,19H,1-4,7-11,13-14H2,(H,21,23). The minimum atomic E-state index is 0.117. The summed E-state index contributed by atoms with van der Waals surface area (Å²) in [5, 5.41) is 6.41. The molecule has 0 spiro atoms. The van der Waals surface area contributed by atoms with Crippen molar-refractivity contribution in [3.05, 3.63) is 23.9 Å². The molecule has 132 valence electrons. The molecule has 0 bridgehead atoms. The predicted octanol–water partition coefficient (Wildman–Crippen LogP) is 2.17. The first-order chi connectivity index (χ1) is 11.8. The van der Waals surface area contributed by atoms with Crippen LogP contribution in [0.25, 0.3) is 0 Å². The fourth-order valence-corrected chi connectivity index (χ4v) is 4.20. The van der Waals surface area contributed by atoms with Crippen LogP contribution in [-0.4, -0.2) is 48.1 Å². The van der Waals surface area contributed by atoms with Gasteiger partial charge in [-0.2, -0.15) is 11.8 Å². The Morgan fingerprint density at radius 1 is 1.29 bits per heavy atom. The number of hydrogen-bond acceptors (Lipinski definition) is 5. The summed E-state index contributed by atoms with van der Waals surface area (Å²) in [7, 11) is 0. The van der Waals surface area contributed by atoms with Crippen LogP contribution in [0, 0.1) is 0 Å².